The third-order valence-corrected chi connectivity index (χ3v) is 5.41. The first-order valence-corrected chi connectivity index (χ1v) is 10.7. The fourth-order valence-electron chi connectivity index (χ4n) is 2.91. The molecule has 0 spiro atoms. The number of aldehydes is 1. The van der Waals surface area contributed by atoms with Gasteiger partial charge in [0.25, 0.3) is 0 Å². The normalized spacial score (nSPS) is 12.6. The van der Waals surface area contributed by atoms with Crippen LogP contribution in [0.3, 0.4) is 0 Å². The Morgan fingerprint density at radius 2 is 1.81 bits per heavy atom. The summed E-state index contributed by atoms with van der Waals surface area (Å²) in [5, 5.41) is 18.5. The summed E-state index contributed by atoms with van der Waals surface area (Å²) >= 11 is 4.86. The molecule has 1 N–H and O–H groups in total. The van der Waals surface area contributed by atoms with E-state index in [9.17, 15) is 4.79 Å². The van der Waals surface area contributed by atoms with Gasteiger partial charge in [0.05, 0.1) is 11.4 Å². The number of fused-ring (bicyclic) bond motifs is 1. The molecule has 27 heavy (non-hydrogen) atoms. The summed E-state index contributed by atoms with van der Waals surface area (Å²) in [4.78, 5) is 10.7. The van der Waals surface area contributed by atoms with E-state index in [4.69, 9.17) is 5.11 Å². The lowest BCUT2D eigenvalue weighted by molar-refractivity contribution is -0.105. The van der Waals surface area contributed by atoms with E-state index in [0.29, 0.717) is 21.6 Å². The Kier molecular flexibility index (Phi) is 8.47. The molecule has 0 radical (unpaired) electrons. The number of rotatable bonds is 5. The van der Waals surface area contributed by atoms with Crippen molar-refractivity contribution < 1.29 is 9.90 Å². The Morgan fingerprint density at radius 3 is 2.44 bits per heavy atom. The zero-order valence-electron chi connectivity index (χ0n) is 15.7. The first-order valence-electron chi connectivity index (χ1n) is 8.93. The van der Waals surface area contributed by atoms with E-state index in [1.165, 1.54) is 40.9 Å². The Labute approximate surface area is 172 Å². The number of thioether (sulfide) groups is 1. The average Bonchev–Trinajstić information content (AvgIpc) is 3.52. The van der Waals surface area contributed by atoms with E-state index in [2.05, 4.69) is 62.5 Å². The lowest BCUT2D eigenvalue weighted by atomic mass is 9.99. The summed E-state index contributed by atoms with van der Waals surface area (Å²) < 4.78 is 2.61. The molecule has 144 valence electrons. The van der Waals surface area contributed by atoms with Gasteiger partial charge < -0.3 is 9.90 Å². The van der Waals surface area contributed by atoms with Crippen molar-refractivity contribution in [2.45, 2.75) is 37.8 Å². The molecule has 0 saturated heterocycles. The molecule has 3 aromatic rings. The van der Waals surface area contributed by atoms with Crippen LogP contribution in [-0.2, 0) is 4.79 Å². The van der Waals surface area contributed by atoms with Crippen molar-refractivity contribution in [3.8, 4) is 5.69 Å². The number of aromatic nitrogens is 3. The standard InChI is InChI=1S/C17H14BrN3OS.C2H6.CH4O/c18-16-19-20-17(23-10-9-22)21(16)15-8-7-12(11-5-6-11)13-3-1-2-4-14(13)15;2*1-2/h1-4,7-9,11H,5-6,10H2;1-2H3;2H,1H3. The molecule has 0 atom stereocenters. The van der Waals surface area contributed by atoms with Crippen molar-refractivity contribution >= 4 is 44.8 Å². The minimum absolute atomic E-state index is 0.364. The van der Waals surface area contributed by atoms with Gasteiger partial charge in [0.15, 0.2) is 5.16 Å². The Hall–Kier alpha value is -1.70. The van der Waals surface area contributed by atoms with E-state index >= 15 is 0 Å². The summed E-state index contributed by atoms with van der Waals surface area (Å²) in [6.45, 7) is 4.00. The third-order valence-electron chi connectivity index (χ3n) is 4.07. The van der Waals surface area contributed by atoms with E-state index < -0.39 is 0 Å². The van der Waals surface area contributed by atoms with Crippen LogP contribution in [0.25, 0.3) is 16.5 Å². The number of nitrogens with zero attached hydrogens (tertiary/aromatic N) is 3. The van der Waals surface area contributed by atoms with Crippen molar-refractivity contribution in [1.29, 1.82) is 0 Å². The number of carbonyl (C=O) groups excluding carboxylic acids is 1. The predicted molar refractivity (Wildman–Crippen MR) is 115 cm³/mol. The molecule has 1 saturated carbocycles. The fourth-order valence-corrected chi connectivity index (χ4v) is 4.09. The second kappa shape index (κ2) is 10.6. The second-order valence-electron chi connectivity index (χ2n) is 5.56. The Morgan fingerprint density at radius 1 is 1.15 bits per heavy atom. The lowest BCUT2D eigenvalue weighted by Gasteiger charge is -2.13. The maximum Gasteiger partial charge on any atom is 0.205 e. The molecule has 1 heterocycles. The largest absolute Gasteiger partial charge is 0.400 e. The highest BCUT2D eigenvalue weighted by Crippen LogP contribution is 2.44. The van der Waals surface area contributed by atoms with Crippen LogP contribution in [0.1, 0.15) is 38.2 Å². The van der Waals surface area contributed by atoms with Crippen molar-refractivity contribution in [2.75, 3.05) is 12.9 Å². The van der Waals surface area contributed by atoms with Crippen LogP contribution in [-0.4, -0.2) is 39.0 Å². The molecule has 1 aliphatic carbocycles. The molecule has 0 aliphatic heterocycles. The average molecular weight is 450 g/mol. The van der Waals surface area contributed by atoms with E-state index in [-0.39, 0.29) is 0 Å². The fraction of sp³-hybridized carbons (Fsp3) is 0.350. The number of aliphatic hydroxyl groups excluding tert-OH is 1. The van der Waals surface area contributed by atoms with Gasteiger partial charge in [-0.3, -0.25) is 4.57 Å². The van der Waals surface area contributed by atoms with Crippen molar-refractivity contribution in [3.63, 3.8) is 0 Å². The first-order chi connectivity index (χ1) is 13.3. The summed E-state index contributed by atoms with van der Waals surface area (Å²) in [6, 6.07) is 12.8. The zero-order chi connectivity index (χ0) is 19.8. The molecule has 0 unspecified atom stereocenters. The summed E-state index contributed by atoms with van der Waals surface area (Å²) in [6.07, 6.45) is 3.44. The predicted octanol–water partition coefficient (Wildman–Crippen LogP) is 4.99. The highest BCUT2D eigenvalue weighted by atomic mass is 79.9. The molecular weight excluding hydrogens is 426 g/mol. The van der Waals surface area contributed by atoms with Crippen LogP contribution >= 0.6 is 27.7 Å². The first kappa shape index (κ1) is 21.6. The molecule has 1 fully saturated rings. The van der Waals surface area contributed by atoms with Gasteiger partial charge in [-0.1, -0.05) is 55.9 Å². The minimum Gasteiger partial charge on any atom is -0.400 e. The molecule has 2 aromatic carbocycles. The van der Waals surface area contributed by atoms with Crippen molar-refractivity contribution in [3.05, 3.63) is 46.7 Å². The summed E-state index contributed by atoms with van der Waals surface area (Å²) in [5.74, 6) is 1.06. The SMILES string of the molecule is CC.CO.O=CCSc1nnc(Br)n1-c1ccc(C2CC2)c2ccccc12. The van der Waals surface area contributed by atoms with Crippen LogP contribution in [0.5, 0.6) is 0 Å². The number of halogens is 1. The second-order valence-corrected chi connectivity index (χ2v) is 7.25. The molecule has 7 heteroatoms. The Bertz CT molecular complexity index is 894. The van der Waals surface area contributed by atoms with Gasteiger partial charge in [0, 0.05) is 12.5 Å². The van der Waals surface area contributed by atoms with Crippen LogP contribution in [0.4, 0.5) is 0 Å². The van der Waals surface area contributed by atoms with Crippen LogP contribution in [0.15, 0.2) is 46.3 Å². The van der Waals surface area contributed by atoms with Crippen molar-refractivity contribution in [1.82, 2.24) is 14.8 Å². The third kappa shape index (κ3) is 4.78. The monoisotopic (exact) mass is 449 g/mol. The van der Waals surface area contributed by atoms with Crippen LogP contribution in [0, 0.1) is 0 Å². The number of hydrogen-bond acceptors (Lipinski definition) is 5. The number of hydrogen-bond donors (Lipinski definition) is 1. The molecule has 1 aliphatic rings. The highest BCUT2D eigenvalue weighted by Gasteiger charge is 2.26. The number of carbonyl (C=O) groups is 1. The van der Waals surface area contributed by atoms with E-state index in [1.54, 1.807) is 0 Å². The smallest absolute Gasteiger partial charge is 0.205 e. The molecular formula is C20H24BrN3O2S. The molecule has 5 nitrogen and oxygen atoms in total. The lowest BCUT2D eigenvalue weighted by Crippen LogP contribution is -2.00. The van der Waals surface area contributed by atoms with Gasteiger partial charge in [0.2, 0.25) is 4.73 Å². The van der Waals surface area contributed by atoms with Gasteiger partial charge in [-0.2, -0.15) is 0 Å². The van der Waals surface area contributed by atoms with Gasteiger partial charge in [-0.15, -0.1) is 10.2 Å². The van der Waals surface area contributed by atoms with Crippen LogP contribution in [0.2, 0.25) is 0 Å². The Balaban J connectivity index is 0.000000614. The maximum absolute atomic E-state index is 10.7. The van der Waals surface area contributed by atoms with Gasteiger partial charge >= 0.3 is 0 Å². The van der Waals surface area contributed by atoms with Gasteiger partial charge in [-0.25, -0.2) is 0 Å². The van der Waals surface area contributed by atoms with E-state index in [1.807, 2.05) is 18.4 Å². The minimum atomic E-state index is 0.364. The van der Waals surface area contributed by atoms with Gasteiger partial charge in [-0.05, 0) is 51.7 Å². The van der Waals surface area contributed by atoms with E-state index in [0.717, 1.165) is 19.1 Å². The molecule has 4 rings (SSSR count). The number of benzene rings is 2. The molecule has 0 amide bonds. The number of aliphatic hydroxyl groups is 1. The zero-order valence-corrected chi connectivity index (χ0v) is 18.1. The molecule has 0 bridgehead atoms. The highest BCUT2D eigenvalue weighted by molar-refractivity contribution is 9.10. The quantitative estimate of drug-likeness (QED) is 0.438. The topological polar surface area (TPSA) is 68.0 Å². The molecule has 1 aromatic heterocycles. The van der Waals surface area contributed by atoms with Crippen LogP contribution < -0.4 is 0 Å². The maximum atomic E-state index is 10.7. The summed E-state index contributed by atoms with van der Waals surface area (Å²) in [7, 11) is 1.00. The van der Waals surface area contributed by atoms with Crippen molar-refractivity contribution in [2.24, 2.45) is 0 Å². The van der Waals surface area contributed by atoms with Gasteiger partial charge in [0.1, 0.15) is 6.29 Å². The summed E-state index contributed by atoms with van der Waals surface area (Å²) in [5.41, 5.74) is 2.46.